The van der Waals surface area contributed by atoms with Crippen LogP contribution in [0.3, 0.4) is 0 Å². The normalized spacial score (nSPS) is 32.8. The van der Waals surface area contributed by atoms with E-state index in [1.165, 1.54) is 0 Å². The summed E-state index contributed by atoms with van der Waals surface area (Å²) in [5.41, 5.74) is 1.18. The summed E-state index contributed by atoms with van der Waals surface area (Å²) in [5, 5.41) is 0. The van der Waals surface area contributed by atoms with Crippen molar-refractivity contribution in [1.29, 1.82) is 0 Å². The number of thioether (sulfide) groups is 1. The summed E-state index contributed by atoms with van der Waals surface area (Å²) in [5.74, 6) is 0.560. The van der Waals surface area contributed by atoms with Gasteiger partial charge < -0.3 is 22.4 Å². The number of rotatable bonds is 7. The van der Waals surface area contributed by atoms with Crippen molar-refractivity contribution in [1.82, 2.24) is 0 Å². The molecule has 28 heavy (non-hydrogen) atoms. The van der Waals surface area contributed by atoms with Gasteiger partial charge in [-0.05, 0) is 28.4 Å². The van der Waals surface area contributed by atoms with Gasteiger partial charge >= 0.3 is 17.1 Å². The molecule has 162 valence electrons. The quantitative estimate of drug-likeness (QED) is 0.423. The lowest BCUT2D eigenvalue weighted by Crippen LogP contribution is -2.66. The summed E-state index contributed by atoms with van der Waals surface area (Å²) < 4.78 is 33.0. The standard InChI is InChI=1S/C19H39BO5SSi2/c1-12(2)27(13(3)4)22-10-16-17(18(19(20)23-16)21-11-26-9)24-28(25-27,14(5)6)15(7)8/h12-19H,10-11H2,1-9H3/t16-,17?,18?,19-/m1/s1. The molecular formula is C19H39BO5SSi2. The molecule has 2 radical (unpaired) electrons. The molecule has 2 saturated heterocycles. The average Bonchev–Trinajstić information content (AvgIpc) is 2.86. The number of hydrogen-bond donors (Lipinski definition) is 0. The highest BCUT2D eigenvalue weighted by atomic mass is 32.2. The zero-order valence-corrected chi connectivity index (χ0v) is 21.9. The van der Waals surface area contributed by atoms with Gasteiger partial charge in [-0.2, -0.15) is 0 Å². The van der Waals surface area contributed by atoms with E-state index in [-0.39, 0.29) is 29.4 Å². The Hall–Kier alpha value is 0.649. The second-order valence-electron chi connectivity index (χ2n) is 9.23. The van der Waals surface area contributed by atoms with Crippen molar-refractivity contribution in [2.45, 2.75) is 102 Å². The monoisotopic (exact) mass is 446 g/mol. The highest BCUT2D eigenvalue weighted by molar-refractivity contribution is 7.98. The van der Waals surface area contributed by atoms with Gasteiger partial charge in [0.05, 0.1) is 12.5 Å². The Bertz CT molecular complexity index is 493. The fourth-order valence-electron chi connectivity index (χ4n) is 4.51. The van der Waals surface area contributed by atoms with Crippen molar-refractivity contribution in [3.63, 3.8) is 0 Å². The van der Waals surface area contributed by atoms with Crippen LogP contribution in [-0.2, 0) is 22.4 Å². The summed E-state index contributed by atoms with van der Waals surface area (Å²) in [6, 6.07) is -0.510. The maximum atomic E-state index is 7.18. The molecule has 2 fully saturated rings. The van der Waals surface area contributed by atoms with E-state index in [2.05, 4.69) is 55.4 Å². The molecule has 0 saturated carbocycles. The molecule has 0 aromatic rings. The molecule has 0 amide bonds. The molecule has 0 N–H and O–H groups in total. The third kappa shape index (κ3) is 4.61. The zero-order chi connectivity index (χ0) is 21.3. The first-order valence-corrected chi connectivity index (χ1v) is 15.9. The molecule has 9 heteroatoms. The van der Waals surface area contributed by atoms with Gasteiger partial charge in [-0.25, -0.2) is 0 Å². The molecule has 2 unspecified atom stereocenters. The minimum absolute atomic E-state index is 0.223. The lowest BCUT2D eigenvalue weighted by molar-refractivity contribution is -0.0381. The Morgan fingerprint density at radius 3 is 1.96 bits per heavy atom. The van der Waals surface area contributed by atoms with Gasteiger partial charge in [0.25, 0.3) is 0 Å². The molecule has 2 rings (SSSR count). The second-order valence-corrected chi connectivity index (χ2v) is 18.9. The highest BCUT2D eigenvalue weighted by Crippen LogP contribution is 2.47. The molecule has 2 aliphatic heterocycles. The summed E-state index contributed by atoms with van der Waals surface area (Å²) in [6.07, 6.45) is 1.22. The van der Waals surface area contributed by atoms with Crippen LogP contribution in [0.4, 0.5) is 0 Å². The van der Waals surface area contributed by atoms with Gasteiger partial charge in [0.1, 0.15) is 26.2 Å². The van der Waals surface area contributed by atoms with Crippen molar-refractivity contribution in [2.24, 2.45) is 0 Å². The highest BCUT2D eigenvalue weighted by Gasteiger charge is 2.61. The molecule has 2 aliphatic rings. The second kappa shape index (κ2) is 9.85. The topological polar surface area (TPSA) is 46.2 Å². The summed E-state index contributed by atoms with van der Waals surface area (Å²) in [7, 11) is 1.10. The Morgan fingerprint density at radius 2 is 1.50 bits per heavy atom. The first-order chi connectivity index (χ1) is 13.0. The van der Waals surface area contributed by atoms with Crippen LogP contribution in [0.1, 0.15) is 55.4 Å². The van der Waals surface area contributed by atoms with Crippen LogP contribution >= 0.6 is 11.8 Å². The zero-order valence-electron chi connectivity index (χ0n) is 19.1. The van der Waals surface area contributed by atoms with Crippen LogP contribution in [0.5, 0.6) is 0 Å². The Kier molecular flexibility index (Phi) is 8.76. The van der Waals surface area contributed by atoms with Crippen molar-refractivity contribution in [3.8, 4) is 0 Å². The summed E-state index contributed by atoms with van der Waals surface area (Å²) >= 11 is 1.63. The molecule has 0 aromatic carbocycles. The van der Waals surface area contributed by atoms with Gasteiger partial charge in [-0.15, -0.1) is 11.8 Å². The van der Waals surface area contributed by atoms with Gasteiger partial charge in [0, 0.05) is 6.00 Å². The summed E-state index contributed by atoms with van der Waals surface area (Å²) in [6.45, 7) is 18.2. The number of hydrogen-bond acceptors (Lipinski definition) is 6. The maximum Gasteiger partial charge on any atom is 0.335 e. The van der Waals surface area contributed by atoms with E-state index < -0.39 is 23.1 Å². The third-order valence-corrected chi connectivity index (χ3v) is 16.7. The molecular weight excluding hydrogens is 407 g/mol. The van der Waals surface area contributed by atoms with Crippen molar-refractivity contribution < 1.29 is 22.4 Å². The molecule has 0 aliphatic carbocycles. The lowest BCUT2D eigenvalue weighted by atomic mass is 9.93. The number of ether oxygens (including phenoxy) is 2. The van der Waals surface area contributed by atoms with Crippen molar-refractivity contribution in [3.05, 3.63) is 0 Å². The van der Waals surface area contributed by atoms with E-state index >= 15 is 0 Å². The van der Waals surface area contributed by atoms with Crippen LogP contribution in [-0.4, -0.2) is 68.1 Å². The van der Waals surface area contributed by atoms with E-state index in [9.17, 15) is 0 Å². The van der Waals surface area contributed by atoms with E-state index in [1.807, 2.05) is 6.26 Å². The Balaban J connectivity index is 2.50. The van der Waals surface area contributed by atoms with E-state index in [0.717, 1.165) is 0 Å². The number of fused-ring (bicyclic) bond motifs is 1. The fourth-order valence-corrected chi connectivity index (χ4v) is 16.0. The largest absolute Gasteiger partial charge is 0.414 e. The van der Waals surface area contributed by atoms with Gasteiger partial charge in [-0.3, -0.25) is 0 Å². The van der Waals surface area contributed by atoms with Crippen molar-refractivity contribution >= 4 is 36.7 Å². The van der Waals surface area contributed by atoms with Crippen molar-refractivity contribution in [2.75, 3.05) is 18.8 Å². The van der Waals surface area contributed by atoms with E-state index in [0.29, 0.717) is 23.6 Å². The molecule has 0 spiro atoms. The Morgan fingerprint density at radius 1 is 0.964 bits per heavy atom. The smallest absolute Gasteiger partial charge is 0.335 e. The van der Waals surface area contributed by atoms with Gasteiger partial charge in [0.15, 0.2) is 0 Å². The third-order valence-electron chi connectivity index (χ3n) is 6.06. The lowest BCUT2D eigenvalue weighted by Gasteiger charge is -2.51. The molecule has 2 heterocycles. The molecule has 0 aromatic heterocycles. The average molecular weight is 447 g/mol. The predicted octanol–water partition coefficient (Wildman–Crippen LogP) is 4.54. The van der Waals surface area contributed by atoms with Gasteiger partial charge in [0.2, 0.25) is 0 Å². The summed E-state index contributed by atoms with van der Waals surface area (Å²) in [4.78, 5) is 0. The molecule has 4 atom stereocenters. The maximum absolute atomic E-state index is 7.18. The Labute approximate surface area is 179 Å². The van der Waals surface area contributed by atoms with Crippen LogP contribution in [0.2, 0.25) is 22.2 Å². The van der Waals surface area contributed by atoms with Gasteiger partial charge in [-0.1, -0.05) is 55.4 Å². The predicted molar refractivity (Wildman–Crippen MR) is 121 cm³/mol. The van der Waals surface area contributed by atoms with Crippen LogP contribution < -0.4 is 0 Å². The SMILES string of the molecule is [B][C@@H]1O[C@@H]2CO[Si](C(C)C)(C(C)C)O[Si](C(C)C)(C(C)C)OC2C1OCSC. The molecule has 5 nitrogen and oxygen atoms in total. The van der Waals surface area contributed by atoms with Crippen LogP contribution in [0.25, 0.3) is 0 Å². The minimum Gasteiger partial charge on any atom is -0.414 e. The van der Waals surface area contributed by atoms with E-state index in [4.69, 9.17) is 30.3 Å². The molecule has 0 bridgehead atoms. The van der Waals surface area contributed by atoms with Crippen LogP contribution in [0.15, 0.2) is 0 Å². The van der Waals surface area contributed by atoms with E-state index in [1.54, 1.807) is 11.8 Å². The first kappa shape index (κ1) is 24.9. The van der Waals surface area contributed by atoms with Crippen LogP contribution in [0, 0.1) is 0 Å². The fraction of sp³-hybridized carbons (Fsp3) is 1.00. The minimum atomic E-state index is -2.66. The first-order valence-electron chi connectivity index (χ1n) is 10.5.